The molecule has 0 heterocycles. The molecule has 0 aliphatic heterocycles. The summed E-state index contributed by atoms with van der Waals surface area (Å²) in [5, 5.41) is 13.1. The summed E-state index contributed by atoms with van der Waals surface area (Å²) in [7, 11) is 3.40. The average Bonchev–Trinajstić information content (AvgIpc) is 2.58. The largest absolute Gasteiger partial charge is 0.497 e. The summed E-state index contributed by atoms with van der Waals surface area (Å²) in [4.78, 5) is 14.0. The number of amides is 1. The number of nitrogens with zero attached hydrogens (tertiary/aromatic N) is 1. The van der Waals surface area contributed by atoms with Gasteiger partial charge in [0.15, 0.2) is 0 Å². The van der Waals surface area contributed by atoms with Gasteiger partial charge in [0, 0.05) is 10.7 Å². The second kappa shape index (κ2) is 8.68. The van der Waals surface area contributed by atoms with Crippen molar-refractivity contribution in [3.05, 3.63) is 59.1 Å². The number of rotatable bonds is 7. The number of carbonyl (C=O) groups excluding carboxylic acids is 1. The average molecular weight is 349 g/mol. The molecule has 1 unspecified atom stereocenters. The first-order valence-corrected chi connectivity index (χ1v) is 7.91. The van der Waals surface area contributed by atoms with Gasteiger partial charge in [-0.15, -0.1) is 0 Å². The lowest BCUT2D eigenvalue weighted by Crippen LogP contribution is -2.34. The second-order valence-corrected chi connectivity index (χ2v) is 5.88. The van der Waals surface area contributed by atoms with Crippen molar-refractivity contribution >= 4 is 23.2 Å². The Bertz CT molecular complexity index is 659. The number of hydrogen-bond acceptors (Lipinski definition) is 4. The zero-order valence-corrected chi connectivity index (χ0v) is 14.5. The Morgan fingerprint density at radius 3 is 2.38 bits per heavy atom. The fraction of sp³-hybridized carbons (Fsp3) is 0.278. The monoisotopic (exact) mass is 348 g/mol. The summed E-state index contributed by atoms with van der Waals surface area (Å²) in [5.74, 6) is 0.588. The maximum absolute atomic E-state index is 12.2. The number of likely N-dealkylation sites (N-methyl/N-ethyl adjacent to an activating group) is 1. The van der Waals surface area contributed by atoms with E-state index >= 15 is 0 Å². The van der Waals surface area contributed by atoms with E-state index in [0.29, 0.717) is 10.7 Å². The Morgan fingerprint density at radius 1 is 1.21 bits per heavy atom. The number of methoxy groups -OCH3 is 1. The first-order chi connectivity index (χ1) is 11.5. The molecule has 6 heteroatoms. The first kappa shape index (κ1) is 18.3. The molecule has 24 heavy (non-hydrogen) atoms. The molecule has 128 valence electrons. The number of aliphatic hydroxyl groups is 1. The Kier molecular flexibility index (Phi) is 6.61. The smallest absolute Gasteiger partial charge is 0.238 e. The van der Waals surface area contributed by atoms with Crippen molar-refractivity contribution in [1.82, 2.24) is 4.90 Å². The number of anilines is 1. The van der Waals surface area contributed by atoms with E-state index in [0.717, 1.165) is 11.3 Å². The van der Waals surface area contributed by atoms with Crippen LogP contribution in [0.25, 0.3) is 0 Å². The summed E-state index contributed by atoms with van der Waals surface area (Å²) in [5.41, 5.74) is 1.60. The van der Waals surface area contributed by atoms with Gasteiger partial charge in [-0.1, -0.05) is 23.7 Å². The highest BCUT2D eigenvalue weighted by atomic mass is 35.5. The van der Waals surface area contributed by atoms with Crippen LogP contribution in [0.2, 0.25) is 5.02 Å². The van der Waals surface area contributed by atoms with Crippen LogP contribution in [-0.4, -0.2) is 43.2 Å². The number of halogens is 1. The van der Waals surface area contributed by atoms with E-state index in [1.807, 2.05) is 24.3 Å². The Labute approximate surface area is 146 Å². The highest BCUT2D eigenvalue weighted by Gasteiger charge is 2.18. The predicted molar refractivity (Wildman–Crippen MR) is 95.5 cm³/mol. The molecule has 1 atom stereocenters. The minimum Gasteiger partial charge on any atom is -0.497 e. The molecule has 0 radical (unpaired) electrons. The maximum Gasteiger partial charge on any atom is 0.238 e. The minimum atomic E-state index is -0.271. The molecule has 1 amide bonds. The molecule has 2 N–H and O–H groups in total. The van der Waals surface area contributed by atoms with Gasteiger partial charge in [-0.3, -0.25) is 9.69 Å². The van der Waals surface area contributed by atoms with Gasteiger partial charge in [0.05, 0.1) is 26.3 Å². The Hall–Kier alpha value is -2.08. The van der Waals surface area contributed by atoms with Crippen LogP contribution in [0.1, 0.15) is 11.6 Å². The Balaban J connectivity index is 1.98. The van der Waals surface area contributed by atoms with Gasteiger partial charge < -0.3 is 15.2 Å². The van der Waals surface area contributed by atoms with Crippen LogP contribution in [-0.2, 0) is 4.79 Å². The van der Waals surface area contributed by atoms with Gasteiger partial charge in [0.2, 0.25) is 5.91 Å². The highest BCUT2D eigenvalue weighted by Crippen LogP contribution is 2.22. The predicted octanol–water partition coefficient (Wildman–Crippen LogP) is 2.95. The van der Waals surface area contributed by atoms with Crippen molar-refractivity contribution in [2.24, 2.45) is 0 Å². The van der Waals surface area contributed by atoms with Crippen LogP contribution in [0.5, 0.6) is 5.75 Å². The van der Waals surface area contributed by atoms with Crippen LogP contribution in [0.3, 0.4) is 0 Å². The highest BCUT2D eigenvalue weighted by molar-refractivity contribution is 6.30. The number of benzene rings is 2. The molecule has 2 rings (SSSR count). The van der Waals surface area contributed by atoms with Crippen LogP contribution in [0.15, 0.2) is 48.5 Å². The number of nitrogens with one attached hydrogen (secondary N) is 1. The summed E-state index contributed by atoms with van der Waals surface area (Å²) in [6.07, 6.45) is 0. The standard InChI is InChI=1S/C18H21ClN2O3/c1-21(11-18(23)20-15-7-5-14(19)6-8-15)17(12-22)13-3-9-16(24-2)10-4-13/h3-10,17,22H,11-12H2,1-2H3,(H,20,23). The molecule has 2 aromatic rings. The topological polar surface area (TPSA) is 61.8 Å². The van der Waals surface area contributed by atoms with Crippen molar-refractivity contribution < 1.29 is 14.6 Å². The maximum atomic E-state index is 12.2. The van der Waals surface area contributed by atoms with Crippen LogP contribution >= 0.6 is 11.6 Å². The first-order valence-electron chi connectivity index (χ1n) is 7.54. The zero-order chi connectivity index (χ0) is 17.5. The summed E-state index contributed by atoms with van der Waals surface area (Å²) in [6, 6.07) is 14.1. The van der Waals surface area contributed by atoms with Crippen molar-refractivity contribution in [2.75, 3.05) is 32.6 Å². The third-order valence-electron chi connectivity index (χ3n) is 3.73. The molecular weight excluding hydrogens is 328 g/mol. The summed E-state index contributed by atoms with van der Waals surface area (Å²) < 4.78 is 5.13. The van der Waals surface area contributed by atoms with Gasteiger partial charge in [-0.2, -0.15) is 0 Å². The van der Waals surface area contributed by atoms with Crippen molar-refractivity contribution in [3.8, 4) is 5.75 Å². The van der Waals surface area contributed by atoms with E-state index < -0.39 is 0 Å². The molecule has 0 aliphatic carbocycles. The normalized spacial score (nSPS) is 12.0. The van der Waals surface area contributed by atoms with Crippen LogP contribution in [0.4, 0.5) is 5.69 Å². The molecule has 0 spiro atoms. The molecule has 0 fully saturated rings. The molecule has 0 aliphatic rings. The number of ether oxygens (including phenoxy) is 1. The van der Waals surface area contributed by atoms with Gasteiger partial charge in [-0.05, 0) is 49.0 Å². The van der Waals surface area contributed by atoms with E-state index in [-0.39, 0.29) is 25.1 Å². The second-order valence-electron chi connectivity index (χ2n) is 5.44. The van der Waals surface area contributed by atoms with E-state index in [9.17, 15) is 9.90 Å². The molecule has 0 aromatic heterocycles. The van der Waals surface area contributed by atoms with Crippen molar-refractivity contribution in [2.45, 2.75) is 6.04 Å². The number of carbonyl (C=O) groups is 1. The minimum absolute atomic E-state index is 0.0863. The molecule has 0 saturated heterocycles. The molecule has 0 saturated carbocycles. The van der Waals surface area contributed by atoms with Gasteiger partial charge in [-0.25, -0.2) is 0 Å². The number of hydrogen-bond donors (Lipinski definition) is 2. The molecule has 5 nitrogen and oxygen atoms in total. The lowest BCUT2D eigenvalue weighted by molar-refractivity contribution is -0.117. The SMILES string of the molecule is COc1ccc(C(CO)N(C)CC(=O)Nc2ccc(Cl)cc2)cc1. The van der Waals surface area contributed by atoms with Crippen molar-refractivity contribution in [3.63, 3.8) is 0 Å². The van der Waals surface area contributed by atoms with E-state index in [4.69, 9.17) is 16.3 Å². The Morgan fingerprint density at radius 2 is 1.83 bits per heavy atom. The fourth-order valence-electron chi connectivity index (χ4n) is 2.40. The fourth-order valence-corrected chi connectivity index (χ4v) is 2.52. The van der Waals surface area contributed by atoms with E-state index in [1.54, 1.807) is 43.3 Å². The van der Waals surface area contributed by atoms with Gasteiger partial charge >= 0.3 is 0 Å². The molecule has 0 bridgehead atoms. The molecule has 2 aromatic carbocycles. The molecular formula is C18H21ClN2O3. The lowest BCUT2D eigenvalue weighted by atomic mass is 10.1. The zero-order valence-electron chi connectivity index (χ0n) is 13.7. The van der Waals surface area contributed by atoms with Crippen LogP contribution in [0, 0.1) is 0 Å². The van der Waals surface area contributed by atoms with Gasteiger partial charge in [0.1, 0.15) is 5.75 Å². The van der Waals surface area contributed by atoms with Crippen molar-refractivity contribution in [1.29, 1.82) is 0 Å². The summed E-state index contributed by atoms with van der Waals surface area (Å²) >= 11 is 5.82. The quantitative estimate of drug-likeness (QED) is 0.807. The third-order valence-corrected chi connectivity index (χ3v) is 3.98. The summed E-state index contributed by atoms with van der Waals surface area (Å²) in [6.45, 7) is 0.0664. The van der Waals surface area contributed by atoms with E-state index in [2.05, 4.69) is 5.32 Å². The van der Waals surface area contributed by atoms with E-state index in [1.165, 1.54) is 0 Å². The lowest BCUT2D eigenvalue weighted by Gasteiger charge is -2.26. The van der Waals surface area contributed by atoms with Gasteiger partial charge in [0.25, 0.3) is 0 Å². The number of aliphatic hydroxyl groups excluding tert-OH is 1. The third kappa shape index (κ3) is 4.96. The van der Waals surface area contributed by atoms with Crippen LogP contribution < -0.4 is 10.1 Å².